The summed E-state index contributed by atoms with van der Waals surface area (Å²) in [7, 11) is -3.54. The quantitative estimate of drug-likeness (QED) is 0.385. The molecule has 1 saturated heterocycles. The van der Waals surface area contributed by atoms with Gasteiger partial charge in [0.25, 0.3) is 0 Å². The predicted molar refractivity (Wildman–Crippen MR) is 153 cm³/mol. The Labute approximate surface area is 237 Å². The number of hydrogen-bond donors (Lipinski definition) is 2. The Morgan fingerprint density at radius 1 is 1.02 bits per heavy atom. The van der Waals surface area contributed by atoms with Crippen LogP contribution < -0.4 is 10.6 Å². The van der Waals surface area contributed by atoms with Gasteiger partial charge in [0, 0.05) is 48.7 Å². The first kappa shape index (κ1) is 29.5. The van der Waals surface area contributed by atoms with Crippen molar-refractivity contribution in [2.75, 3.05) is 62.8 Å². The van der Waals surface area contributed by atoms with Gasteiger partial charge in [0.1, 0.15) is 12.4 Å². The average molecular weight is 589 g/mol. The predicted octanol–water partition coefficient (Wildman–Crippen LogP) is 4.35. The first-order valence-electron chi connectivity index (χ1n) is 12.6. The molecular weight excluding hydrogens is 559 g/mol. The molecule has 1 heterocycles. The summed E-state index contributed by atoms with van der Waals surface area (Å²) in [6.45, 7) is 3.12. The molecule has 1 aliphatic heterocycles. The van der Waals surface area contributed by atoms with Gasteiger partial charge in [0.15, 0.2) is 9.84 Å². The summed E-state index contributed by atoms with van der Waals surface area (Å²) in [5, 5.41) is 5.81. The van der Waals surface area contributed by atoms with E-state index in [9.17, 15) is 18.0 Å². The van der Waals surface area contributed by atoms with Gasteiger partial charge in [-0.2, -0.15) is 0 Å². The second kappa shape index (κ2) is 13.2. The molecule has 0 radical (unpaired) electrons. The first-order valence-corrected chi connectivity index (χ1v) is 14.9. The van der Waals surface area contributed by atoms with Gasteiger partial charge in [-0.05, 0) is 48.0 Å². The number of hydrogen-bond acceptors (Lipinski definition) is 6. The minimum absolute atomic E-state index is 0.0776. The van der Waals surface area contributed by atoms with Gasteiger partial charge in [-0.15, -0.1) is 0 Å². The molecule has 0 aromatic heterocycles. The minimum atomic E-state index is -3.54. The SMILES string of the molecule is CS(=O)(=O)c1ccccc1-c1ccc(NC(=O)CN(CCN2CCOCC2)C(=O)Nc2ccc(Cl)cc2)c(F)c1. The number of urea groups is 1. The van der Waals surface area contributed by atoms with Crippen LogP contribution in [0.3, 0.4) is 0 Å². The van der Waals surface area contributed by atoms with Crippen LogP contribution in [0.1, 0.15) is 0 Å². The van der Waals surface area contributed by atoms with Crippen molar-refractivity contribution >= 4 is 44.8 Å². The molecule has 1 fully saturated rings. The largest absolute Gasteiger partial charge is 0.379 e. The lowest BCUT2D eigenvalue weighted by atomic mass is 10.0. The summed E-state index contributed by atoms with van der Waals surface area (Å²) in [5.74, 6) is -1.32. The molecule has 0 spiro atoms. The van der Waals surface area contributed by atoms with E-state index in [1.54, 1.807) is 42.5 Å². The summed E-state index contributed by atoms with van der Waals surface area (Å²) in [5.41, 5.74) is 1.14. The molecule has 9 nitrogen and oxygen atoms in total. The molecule has 12 heteroatoms. The van der Waals surface area contributed by atoms with E-state index in [4.69, 9.17) is 16.3 Å². The van der Waals surface area contributed by atoms with E-state index >= 15 is 4.39 Å². The third-order valence-corrected chi connectivity index (χ3v) is 7.75. The van der Waals surface area contributed by atoms with E-state index in [0.29, 0.717) is 41.6 Å². The number of rotatable bonds is 9. The highest BCUT2D eigenvalue weighted by Gasteiger charge is 2.21. The van der Waals surface area contributed by atoms with E-state index in [-0.39, 0.29) is 23.7 Å². The van der Waals surface area contributed by atoms with E-state index in [1.165, 1.54) is 29.2 Å². The molecule has 40 heavy (non-hydrogen) atoms. The maximum atomic E-state index is 15.0. The normalized spacial score (nSPS) is 14.0. The molecular formula is C28H30ClFN4O5S. The number of morpholine rings is 1. The molecule has 0 bridgehead atoms. The number of sulfone groups is 1. The van der Waals surface area contributed by atoms with Crippen molar-refractivity contribution < 1.29 is 27.1 Å². The molecule has 4 rings (SSSR count). The summed E-state index contributed by atoms with van der Waals surface area (Å²) >= 11 is 5.93. The Morgan fingerprint density at radius 2 is 1.73 bits per heavy atom. The van der Waals surface area contributed by atoms with Gasteiger partial charge in [-0.25, -0.2) is 17.6 Å². The van der Waals surface area contributed by atoms with Crippen molar-refractivity contribution in [1.29, 1.82) is 0 Å². The summed E-state index contributed by atoms with van der Waals surface area (Å²) < 4.78 is 44.7. The van der Waals surface area contributed by atoms with Crippen LogP contribution in [-0.2, 0) is 19.4 Å². The van der Waals surface area contributed by atoms with Crippen LogP contribution in [-0.4, -0.2) is 82.3 Å². The second-order valence-corrected chi connectivity index (χ2v) is 11.7. The van der Waals surface area contributed by atoms with Gasteiger partial charge in [-0.3, -0.25) is 9.69 Å². The van der Waals surface area contributed by atoms with Crippen LogP contribution in [0.2, 0.25) is 5.02 Å². The zero-order valence-corrected chi connectivity index (χ0v) is 23.5. The van der Waals surface area contributed by atoms with E-state index < -0.39 is 27.6 Å². The fraction of sp³-hybridized carbons (Fsp3) is 0.286. The molecule has 0 saturated carbocycles. The fourth-order valence-electron chi connectivity index (χ4n) is 4.25. The number of anilines is 2. The molecule has 3 aromatic carbocycles. The highest BCUT2D eigenvalue weighted by atomic mass is 35.5. The summed E-state index contributed by atoms with van der Waals surface area (Å²) in [6, 6.07) is 16.5. The van der Waals surface area contributed by atoms with Crippen molar-refractivity contribution in [3.63, 3.8) is 0 Å². The van der Waals surface area contributed by atoms with Crippen LogP contribution >= 0.6 is 11.6 Å². The number of nitrogens with one attached hydrogen (secondary N) is 2. The molecule has 0 unspecified atom stereocenters. The van der Waals surface area contributed by atoms with E-state index in [2.05, 4.69) is 15.5 Å². The third-order valence-electron chi connectivity index (χ3n) is 6.35. The van der Waals surface area contributed by atoms with Crippen LogP contribution in [0, 0.1) is 5.82 Å². The highest BCUT2D eigenvalue weighted by molar-refractivity contribution is 7.90. The molecule has 0 atom stereocenters. The first-order chi connectivity index (χ1) is 19.1. The van der Waals surface area contributed by atoms with Crippen molar-refractivity contribution in [3.05, 3.63) is 77.6 Å². The second-order valence-electron chi connectivity index (χ2n) is 9.32. The molecule has 0 aliphatic carbocycles. The average Bonchev–Trinajstić information content (AvgIpc) is 2.93. The number of halogens is 2. The number of amides is 3. The van der Waals surface area contributed by atoms with Gasteiger partial charge in [0.05, 0.1) is 23.8 Å². The monoisotopic (exact) mass is 588 g/mol. The van der Waals surface area contributed by atoms with Gasteiger partial charge >= 0.3 is 6.03 Å². The number of carbonyl (C=O) groups is 2. The van der Waals surface area contributed by atoms with Gasteiger partial charge < -0.3 is 20.3 Å². The zero-order chi connectivity index (χ0) is 28.7. The molecule has 1 aliphatic rings. The standard InChI is InChI=1S/C28H30ClFN4O5S/c1-40(37,38)26-5-3-2-4-23(26)20-6-11-25(24(30)18-20)32-27(35)19-34(13-12-33-14-16-39-17-15-33)28(36)31-22-9-7-21(29)8-10-22/h2-11,18H,12-17,19H2,1H3,(H,31,36)(H,32,35). The Balaban J connectivity index is 1.46. The lowest BCUT2D eigenvalue weighted by molar-refractivity contribution is -0.116. The molecule has 3 amide bonds. The molecule has 2 N–H and O–H groups in total. The minimum Gasteiger partial charge on any atom is -0.379 e. The summed E-state index contributed by atoms with van der Waals surface area (Å²) in [4.78, 5) is 29.6. The Bertz CT molecular complexity index is 1460. The third kappa shape index (κ3) is 8.01. The lowest BCUT2D eigenvalue weighted by Gasteiger charge is -2.30. The highest BCUT2D eigenvalue weighted by Crippen LogP contribution is 2.29. The van der Waals surface area contributed by atoms with Crippen molar-refractivity contribution in [2.45, 2.75) is 4.90 Å². The van der Waals surface area contributed by atoms with Gasteiger partial charge in [-0.1, -0.05) is 35.9 Å². The maximum Gasteiger partial charge on any atom is 0.322 e. The number of ether oxygens (including phenoxy) is 1. The van der Waals surface area contributed by atoms with Gasteiger partial charge in [0.2, 0.25) is 5.91 Å². The Morgan fingerprint density at radius 3 is 2.40 bits per heavy atom. The smallest absolute Gasteiger partial charge is 0.322 e. The summed E-state index contributed by atoms with van der Waals surface area (Å²) in [6.07, 6.45) is 1.09. The lowest BCUT2D eigenvalue weighted by Crippen LogP contribution is -2.46. The van der Waals surface area contributed by atoms with Crippen LogP contribution in [0.25, 0.3) is 11.1 Å². The van der Waals surface area contributed by atoms with Crippen LogP contribution in [0.4, 0.5) is 20.6 Å². The Hall–Kier alpha value is -3.51. The van der Waals surface area contributed by atoms with E-state index in [0.717, 1.165) is 19.3 Å². The van der Waals surface area contributed by atoms with Crippen LogP contribution in [0.15, 0.2) is 71.6 Å². The molecule has 3 aromatic rings. The number of benzene rings is 3. The van der Waals surface area contributed by atoms with Crippen molar-refractivity contribution in [2.24, 2.45) is 0 Å². The topological polar surface area (TPSA) is 108 Å². The molecule has 212 valence electrons. The van der Waals surface area contributed by atoms with Crippen molar-refractivity contribution in [1.82, 2.24) is 9.80 Å². The number of carbonyl (C=O) groups excluding carboxylic acids is 2. The van der Waals surface area contributed by atoms with Crippen LogP contribution in [0.5, 0.6) is 0 Å². The zero-order valence-electron chi connectivity index (χ0n) is 21.9. The maximum absolute atomic E-state index is 15.0. The van der Waals surface area contributed by atoms with Crippen molar-refractivity contribution in [3.8, 4) is 11.1 Å². The number of nitrogens with zero attached hydrogens (tertiary/aromatic N) is 2. The fourth-order valence-corrected chi connectivity index (χ4v) is 5.29. The van der Waals surface area contributed by atoms with E-state index in [1.807, 2.05) is 0 Å². The Kier molecular flexibility index (Phi) is 9.75.